The van der Waals surface area contributed by atoms with Gasteiger partial charge in [-0.25, -0.2) is 0 Å². The molecule has 2 aliphatic heterocycles. The molecule has 3 aromatic carbocycles. The van der Waals surface area contributed by atoms with Crippen molar-refractivity contribution in [3.8, 4) is 11.5 Å². The molecule has 3 nitrogen and oxygen atoms in total. The molecular formula is C32H39NO2. The van der Waals surface area contributed by atoms with E-state index in [9.17, 15) is 0 Å². The Morgan fingerprint density at radius 1 is 0.800 bits per heavy atom. The van der Waals surface area contributed by atoms with Gasteiger partial charge < -0.3 is 14.4 Å². The van der Waals surface area contributed by atoms with E-state index in [4.69, 9.17) is 9.47 Å². The van der Waals surface area contributed by atoms with Crippen LogP contribution in [0.25, 0.3) is 0 Å². The molecule has 2 aliphatic rings. The Balaban J connectivity index is 1.48. The van der Waals surface area contributed by atoms with Crippen molar-refractivity contribution in [2.75, 3.05) is 25.1 Å². The zero-order valence-corrected chi connectivity index (χ0v) is 22.4. The standard InChI is InChI=1S/C32H39NO2/c1-20-8-10-26(11-9-20)29-28-23(4)30(21(2)22(3)31(28)35-32(29,5)6)33-18-16-25(17-19-33)24-12-14-27(34-7)15-13-24/h8-15,25,29H,16-19H2,1-7H3. The van der Waals surface area contributed by atoms with Crippen LogP contribution in [0.15, 0.2) is 48.5 Å². The maximum absolute atomic E-state index is 6.69. The Morgan fingerprint density at radius 2 is 1.40 bits per heavy atom. The van der Waals surface area contributed by atoms with Crippen LogP contribution in [0.5, 0.6) is 11.5 Å². The average molecular weight is 470 g/mol. The van der Waals surface area contributed by atoms with Crippen LogP contribution in [0.2, 0.25) is 0 Å². The van der Waals surface area contributed by atoms with Gasteiger partial charge in [0.15, 0.2) is 0 Å². The SMILES string of the molecule is COc1ccc(C2CCN(c3c(C)c(C)c4c(c3C)C(c3ccc(C)cc3)C(C)(C)O4)CC2)cc1. The minimum atomic E-state index is -0.278. The lowest BCUT2D eigenvalue weighted by molar-refractivity contribution is 0.121. The van der Waals surface area contributed by atoms with Gasteiger partial charge in [-0.2, -0.15) is 0 Å². The van der Waals surface area contributed by atoms with E-state index in [0.29, 0.717) is 5.92 Å². The van der Waals surface area contributed by atoms with Crippen molar-refractivity contribution in [3.05, 3.63) is 87.5 Å². The van der Waals surface area contributed by atoms with Crippen LogP contribution in [0, 0.1) is 27.7 Å². The largest absolute Gasteiger partial charge is 0.497 e. The number of aryl methyl sites for hydroxylation is 1. The van der Waals surface area contributed by atoms with E-state index in [0.717, 1.165) is 24.6 Å². The summed E-state index contributed by atoms with van der Waals surface area (Å²) in [6.45, 7) is 15.6. The first-order valence-corrected chi connectivity index (χ1v) is 13.0. The molecule has 1 saturated heterocycles. The molecular weight excluding hydrogens is 430 g/mol. The van der Waals surface area contributed by atoms with Gasteiger partial charge in [0.05, 0.1) is 13.0 Å². The highest BCUT2D eigenvalue weighted by atomic mass is 16.5. The fraction of sp³-hybridized carbons (Fsp3) is 0.438. The Morgan fingerprint density at radius 3 is 2.00 bits per heavy atom. The molecule has 3 heteroatoms. The maximum atomic E-state index is 6.69. The number of anilines is 1. The zero-order valence-electron chi connectivity index (χ0n) is 22.4. The van der Waals surface area contributed by atoms with Gasteiger partial charge in [-0.05, 0) is 100 Å². The molecule has 5 rings (SSSR count). The summed E-state index contributed by atoms with van der Waals surface area (Å²) in [6.07, 6.45) is 2.34. The second-order valence-electron chi connectivity index (χ2n) is 11.1. The van der Waals surface area contributed by atoms with Crippen molar-refractivity contribution in [1.29, 1.82) is 0 Å². The fourth-order valence-corrected chi connectivity index (χ4v) is 6.39. The molecule has 3 aromatic rings. The predicted molar refractivity (Wildman–Crippen MR) is 146 cm³/mol. The lowest BCUT2D eigenvalue weighted by Crippen LogP contribution is -2.34. The molecule has 0 spiro atoms. The van der Waals surface area contributed by atoms with Gasteiger partial charge in [0, 0.05) is 24.3 Å². The van der Waals surface area contributed by atoms with Crippen molar-refractivity contribution >= 4 is 5.69 Å². The molecule has 1 fully saturated rings. The highest BCUT2D eigenvalue weighted by Gasteiger charge is 2.45. The van der Waals surface area contributed by atoms with Crippen molar-refractivity contribution in [1.82, 2.24) is 0 Å². The van der Waals surface area contributed by atoms with Crippen molar-refractivity contribution in [2.24, 2.45) is 0 Å². The van der Waals surface area contributed by atoms with Gasteiger partial charge in [-0.15, -0.1) is 0 Å². The van der Waals surface area contributed by atoms with Crippen LogP contribution in [0.1, 0.15) is 77.5 Å². The fourth-order valence-electron chi connectivity index (χ4n) is 6.39. The van der Waals surface area contributed by atoms with Gasteiger partial charge >= 0.3 is 0 Å². The third-order valence-electron chi connectivity index (χ3n) is 8.42. The maximum Gasteiger partial charge on any atom is 0.127 e. The molecule has 35 heavy (non-hydrogen) atoms. The van der Waals surface area contributed by atoms with Crippen LogP contribution in [0.4, 0.5) is 5.69 Å². The van der Waals surface area contributed by atoms with Gasteiger partial charge in [0.1, 0.15) is 17.1 Å². The minimum Gasteiger partial charge on any atom is -0.497 e. The van der Waals surface area contributed by atoms with Crippen LogP contribution >= 0.6 is 0 Å². The number of ether oxygens (including phenoxy) is 2. The molecule has 0 aromatic heterocycles. The highest BCUT2D eigenvalue weighted by molar-refractivity contribution is 5.72. The molecule has 0 bridgehead atoms. The topological polar surface area (TPSA) is 21.7 Å². The molecule has 0 N–H and O–H groups in total. The Bertz CT molecular complexity index is 1220. The molecule has 0 saturated carbocycles. The third kappa shape index (κ3) is 4.09. The average Bonchev–Trinajstić information content (AvgIpc) is 3.15. The van der Waals surface area contributed by atoms with Crippen molar-refractivity contribution in [3.63, 3.8) is 0 Å². The zero-order chi connectivity index (χ0) is 24.9. The Hall–Kier alpha value is -2.94. The normalized spacial score (nSPS) is 19.4. The number of piperidine rings is 1. The number of hydrogen-bond acceptors (Lipinski definition) is 3. The monoisotopic (exact) mass is 469 g/mol. The predicted octanol–water partition coefficient (Wildman–Crippen LogP) is 7.62. The second-order valence-corrected chi connectivity index (χ2v) is 11.1. The Labute approximate surface area is 211 Å². The van der Waals surface area contributed by atoms with E-state index in [1.165, 1.54) is 57.5 Å². The summed E-state index contributed by atoms with van der Waals surface area (Å²) in [4.78, 5) is 2.63. The van der Waals surface area contributed by atoms with Gasteiger partial charge in [0.2, 0.25) is 0 Å². The molecule has 1 unspecified atom stereocenters. The molecule has 2 heterocycles. The van der Waals surface area contributed by atoms with Gasteiger partial charge in [0.25, 0.3) is 0 Å². The van der Waals surface area contributed by atoms with E-state index in [-0.39, 0.29) is 11.5 Å². The number of nitrogens with zero attached hydrogens (tertiary/aromatic N) is 1. The molecule has 0 aliphatic carbocycles. The molecule has 0 amide bonds. The van der Waals surface area contributed by atoms with E-state index >= 15 is 0 Å². The lowest BCUT2D eigenvalue weighted by Gasteiger charge is -2.37. The number of benzene rings is 3. The molecule has 184 valence electrons. The first-order valence-electron chi connectivity index (χ1n) is 13.0. The summed E-state index contributed by atoms with van der Waals surface area (Å²) in [7, 11) is 1.73. The number of fused-ring (bicyclic) bond motifs is 1. The summed E-state index contributed by atoms with van der Waals surface area (Å²) in [5.74, 6) is 2.87. The van der Waals surface area contributed by atoms with Gasteiger partial charge in [-0.3, -0.25) is 0 Å². The van der Waals surface area contributed by atoms with E-state index in [1.807, 2.05) is 0 Å². The second kappa shape index (κ2) is 8.93. The van der Waals surface area contributed by atoms with E-state index < -0.39 is 0 Å². The van der Waals surface area contributed by atoms with Crippen LogP contribution < -0.4 is 14.4 Å². The highest BCUT2D eigenvalue weighted by Crippen LogP contribution is 2.54. The lowest BCUT2D eigenvalue weighted by atomic mass is 9.78. The van der Waals surface area contributed by atoms with E-state index in [1.54, 1.807) is 7.11 Å². The first-order chi connectivity index (χ1) is 16.7. The number of rotatable bonds is 4. The van der Waals surface area contributed by atoms with E-state index in [2.05, 4.69) is 95.0 Å². The van der Waals surface area contributed by atoms with Crippen LogP contribution in [-0.4, -0.2) is 25.8 Å². The van der Waals surface area contributed by atoms with Crippen molar-refractivity contribution < 1.29 is 9.47 Å². The summed E-state index contributed by atoms with van der Waals surface area (Å²) in [6, 6.07) is 17.7. The van der Waals surface area contributed by atoms with Crippen LogP contribution in [-0.2, 0) is 0 Å². The van der Waals surface area contributed by atoms with Crippen LogP contribution in [0.3, 0.4) is 0 Å². The van der Waals surface area contributed by atoms with Gasteiger partial charge in [-0.1, -0.05) is 42.0 Å². The summed E-state index contributed by atoms with van der Waals surface area (Å²) < 4.78 is 12.0. The summed E-state index contributed by atoms with van der Waals surface area (Å²) in [5, 5.41) is 0. The van der Waals surface area contributed by atoms with Crippen molar-refractivity contribution in [2.45, 2.75) is 71.8 Å². The quantitative estimate of drug-likeness (QED) is 0.392. The Kier molecular flexibility index (Phi) is 6.07. The molecule has 0 radical (unpaired) electrons. The third-order valence-corrected chi connectivity index (χ3v) is 8.42. The number of hydrogen-bond donors (Lipinski definition) is 0. The smallest absolute Gasteiger partial charge is 0.127 e. The minimum absolute atomic E-state index is 0.230. The molecule has 1 atom stereocenters. The summed E-state index contributed by atoms with van der Waals surface area (Å²) in [5.41, 5.74) is 10.6. The first kappa shape index (κ1) is 23.8. The summed E-state index contributed by atoms with van der Waals surface area (Å²) >= 11 is 0. The number of methoxy groups -OCH3 is 1.